The Balaban J connectivity index is 2.49. The van der Waals surface area contributed by atoms with E-state index in [0.717, 1.165) is 18.7 Å². The van der Waals surface area contributed by atoms with Gasteiger partial charge in [0.2, 0.25) is 0 Å². The van der Waals surface area contributed by atoms with Gasteiger partial charge in [0.1, 0.15) is 0 Å². The molecule has 0 atom stereocenters. The van der Waals surface area contributed by atoms with Crippen LogP contribution in [0.3, 0.4) is 0 Å². The smallest absolute Gasteiger partial charge is 0.178 e. The number of nitrogens with two attached hydrogens (primary N) is 1. The highest BCUT2D eigenvalue weighted by molar-refractivity contribution is 5.04. The van der Waals surface area contributed by atoms with Crippen LogP contribution in [0.25, 0.3) is 0 Å². The molecule has 0 aliphatic carbocycles. The number of hydrogen-bond acceptors (Lipinski definition) is 4. The topological polar surface area (TPSA) is 69.6 Å². The molecule has 0 unspecified atom stereocenters. The molecule has 1 aromatic heterocycles. The molecule has 1 aromatic rings. The fourth-order valence-electron chi connectivity index (χ4n) is 1.05. The summed E-state index contributed by atoms with van der Waals surface area (Å²) in [5, 5.41) is 11.7. The van der Waals surface area contributed by atoms with Crippen LogP contribution < -0.4 is 5.73 Å². The summed E-state index contributed by atoms with van der Waals surface area (Å²) in [6.07, 6.45) is 3.77. The Hall–Kier alpha value is -1.23. The Kier molecular flexibility index (Phi) is 3.57. The zero-order valence-corrected chi connectivity index (χ0v) is 8.06. The molecule has 0 aliphatic heterocycles. The number of allylic oxidation sites excluding steroid dienone is 1. The predicted octanol–water partition coefficient (Wildman–Crippen LogP) is 0.0477. The summed E-state index contributed by atoms with van der Waals surface area (Å²) in [5.41, 5.74) is 6.62. The molecular weight excluding hydrogens is 166 g/mol. The summed E-state index contributed by atoms with van der Waals surface area (Å²) < 4.78 is 0. The van der Waals surface area contributed by atoms with E-state index in [1.54, 1.807) is 7.05 Å². The average molecular weight is 181 g/mol. The van der Waals surface area contributed by atoms with Crippen molar-refractivity contribution in [1.82, 2.24) is 20.2 Å². The fraction of sp³-hybridized carbons (Fsp3) is 0.625. The average Bonchev–Trinajstić information content (AvgIpc) is 2.48. The van der Waals surface area contributed by atoms with Gasteiger partial charge in [0.25, 0.3) is 0 Å². The molecule has 5 nitrogen and oxygen atoms in total. The van der Waals surface area contributed by atoms with Crippen molar-refractivity contribution in [2.75, 3.05) is 6.54 Å². The molecule has 5 heteroatoms. The second kappa shape index (κ2) is 4.71. The molecule has 0 amide bonds. The van der Waals surface area contributed by atoms with Crippen LogP contribution in [0.4, 0.5) is 0 Å². The first-order chi connectivity index (χ1) is 6.22. The highest BCUT2D eigenvalue weighted by atomic mass is 15.6. The van der Waals surface area contributed by atoms with Gasteiger partial charge in [-0.15, -0.1) is 10.2 Å². The van der Waals surface area contributed by atoms with Crippen LogP contribution in [0.5, 0.6) is 0 Å². The Labute approximate surface area is 77.6 Å². The standard InChI is InChI=1S/C8H15N5/c1-7(4-3-5-9)6-8-10-12-13(2)11-8/h4H,3,5-6,9H2,1-2H3. The van der Waals surface area contributed by atoms with Gasteiger partial charge in [-0.1, -0.05) is 11.6 Å². The predicted molar refractivity (Wildman–Crippen MR) is 49.9 cm³/mol. The van der Waals surface area contributed by atoms with Crippen LogP contribution in [0.15, 0.2) is 11.6 Å². The maximum absolute atomic E-state index is 5.38. The van der Waals surface area contributed by atoms with Gasteiger partial charge in [-0.05, 0) is 25.1 Å². The zero-order valence-electron chi connectivity index (χ0n) is 8.06. The fourth-order valence-corrected chi connectivity index (χ4v) is 1.05. The number of aromatic nitrogens is 4. The molecule has 0 radical (unpaired) electrons. The lowest BCUT2D eigenvalue weighted by atomic mass is 10.2. The second-order valence-electron chi connectivity index (χ2n) is 3.00. The van der Waals surface area contributed by atoms with Crippen molar-refractivity contribution in [3.63, 3.8) is 0 Å². The third-order valence-corrected chi connectivity index (χ3v) is 1.65. The molecule has 0 fully saturated rings. The monoisotopic (exact) mass is 181 g/mol. The van der Waals surface area contributed by atoms with Crippen LogP contribution in [0.2, 0.25) is 0 Å². The Morgan fingerprint density at radius 3 is 2.92 bits per heavy atom. The van der Waals surface area contributed by atoms with Gasteiger partial charge in [-0.25, -0.2) is 0 Å². The number of tetrazole rings is 1. The number of rotatable bonds is 4. The van der Waals surface area contributed by atoms with E-state index in [1.807, 2.05) is 6.92 Å². The minimum atomic E-state index is 0.686. The third kappa shape index (κ3) is 3.33. The van der Waals surface area contributed by atoms with Crippen molar-refractivity contribution < 1.29 is 0 Å². The minimum Gasteiger partial charge on any atom is -0.330 e. The van der Waals surface area contributed by atoms with Gasteiger partial charge in [0.15, 0.2) is 5.82 Å². The van der Waals surface area contributed by atoms with Gasteiger partial charge in [0.05, 0.1) is 7.05 Å². The summed E-state index contributed by atoms with van der Waals surface area (Å²) >= 11 is 0. The molecule has 1 rings (SSSR count). The second-order valence-corrected chi connectivity index (χ2v) is 3.00. The van der Waals surface area contributed by atoms with Gasteiger partial charge in [0, 0.05) is 6.42 Å². The van der Waals surface area contributed by atoms with Gasteiger partial charge >= 0.3 is 0 Å². The van der Waals surface area contributed by atoms with E-state index in [4.69, 9.17) is 5.73 Å². The van der Waals surface area contributed by atoms with E-state index in [-0.39, 0.29) is 0 Å². The van der Waals surface area contributed by atoms with Gasteiger partial charge in [-0.3, -0.25) is 0 Å². The van der Waals surface area contributed by atoms with Gasteiger partial charge < -0.3 is 5.73 Å². The van der Waals surface area contributed by atoms with Gasteiger partial charge in [-0.2, -0.15) is 4.80 Å². The van der Waals surface area contributed by atoms with Crippen LogP contribution >= 0.6 is 0 Å². The van der Waals surface area contributed by atoms with Crippen LogP contribution in [-0.2, 0) is 13.5 Å². The molecule has 0 saturated heterocycles. The normalized spacial score (nSPS) is 12.1. The van der Waals surface area contributed by atoms with E-state index in [2.05, 4.69) is 21.5 Å². The molecular formula is C8H15N5. The molecule has 2 N–H and O–H groups in total. The van der Waals surface area contributed by atoms with Crippen LogP contribution in [0.1, 0.15) is 19.2 Å². The van der Waals surface area contributed by atoms with E-state index >= 15 is 0 Å². The first-order valence-corrected chi connectivity index (χ1v) is 4.31. The van der Waals surface area contributed by atoms with Crippen LogP contribution in [-0.4, -0.2) is 26.8 Å². The SMILES string of the molecule is CC(=CCCN)Cc1nnn(C)n1. The van der Waals surface area contributed by atoms with E-state index in [1.165, 1.54) is 10.4 Å². The number of aryl methyl sites for hydroxylation is 1. The minimum absolute atomic E-state index is 0.686. The lowest BCUT2D eigenvalue weighted by molar-refractivity contribution is 0.628. The summed E-state index contributed by atoms with van der Waals surface area (Å²) in [5.74, 6) is 0.758. The van der Waals surface area contributed by atoms with Crippen molar-refractivity contribution in [1.29, 1.82) is 0 Å². The third-order valence-electron chi connectivity index (χ3n) is 1.65. The van der Waals surface area contributed by atoms with E-state index < -0.39 is 0 Å². The highest BCUT2D eigenvalue weighted by Crippen LogP contribution is 2.01. The maximum Gasteiger partial charge on any atom is 0.178 e. The molecule has 0 spiro atoms. The highest BCUT2D eigenvalue weighted by Gasteiger charge is 2.00. The van der Waals surface area contributed by atoms with Crippen molar-refractivity contribution in [3.05, 3.63) is 17.5 Å². The lowest BCUT2D eigenvalue weighted by Crippen LogP contribution is -1.97. The molecule has 72 valence electrons. The molecule has 0 aliphatic rings. The van der Waals surface area contributed by atoms with Crippen molar-refractivity contribution in [3.8, 4) is 0 Å². The lowest BCUT2D eigenvalue weighted by Gasteiger charge is -1.94. The van der Waals surface area contributed by atoms with Crippen molar-refractivity contribution in [2.24, 2.45) is 12.8 Å². The Morgan fingerprint density at radius 1 is 1.62 bits per heavy atom. The Morgan fingerprint density at radius 2 is 2.38 bits per heavy atom. The van der Waals surface area contributed by atoms with Crippen molar-refractivity contribution >= 4 is 0 Å². The van der Waals surface area contributed by atoms with Crippen LogP contribution in [0, 0.1) is 0 Å². The quantitative estimate of drug-likeness (QED) is 0.666. The summed E-state index contributed by atoms with van der Waals surface area (Å²) in [4.78, 5) is 1.46. The van der Waals surface area contributed by atoms with E-state index in [9.17, 15) is 0 Å². The Bertz CT molecular complexity index is 288. The number of nitrogens with zero attached hydrogens (tertiary/aromatic N) is 4. The molecule has 0 aromatic carbocycles. The largest absolute Gasteiger partial charge is 0.330 e. The maximum atomic E-state index is 5.38. The number of hydrogen-bond donors (Lipinski definition) is 1. The zero-order chi connectivity index (χ0) is 9.68. The molecule has 13 heavy (non-hydrogen) atoms. The van der Waals surface area contributed by atoms with E-state index in [0.29, 0.717) is 6.54 Å². The summed E-state index contributed by atoms with van der Waals surface area (Å²) in [6, 6.07) is 0. The van der Waals surface area contributed by atoms with Crippen molar-refractivity contribution in [2.45, 2.75) is 19.8 Å². The first kappa shape index (κ1) is 9.85. The summed E-state index contributed by atoms with van der Waals surface area (Å²) in [7, 11) is 1.76. The molecule has 0 bridgehead atoms. The first-order valence-electron chi connectivity index (χ1n) is 4.31. The molecule has 1 heterocycles. The summed E-state index contributed by atoms with van der Waals surface area (Å²) in [6.45, 7) is 2.73. The molecule has 0 saturated carbocycles.